The summed E-state index contributed by atoms with van der Waals surface area (Å²) in [6.07, 6.45) is 5.44. The Balaban J connectivity index is 1.93. The van der Waals surface area contributed by atoms with Crippen molar-refractivity contribution >= 4 is 17.5 Å². The number of nitrogens with zero attached hydrogens (tertiary/aromatic N) is 1. The molecule has 1 saturated carbocycles. The zero-order valence-corrected chi connectivity index (χ0v) is 20.7. The second-order valence-electron chi connectivity index (χ2n) is 8.85. The second kappa shape index (κ2) is 10.7. The van der Waals surface area contributed by atoms with Gasteiger partial charge in [-0.05, 0) is 62.1 Å². The molecule has 1 aliphatic rings. The van der Waals surface area contributed by atoms with Gasteiger partial charge in [0.05, 0.1) is 20.5 Å². The second-order valence-corrected chi connectivity index (χ2v) is 8.85. The lowest BCUT2D eigenvalue weighted by Crippen LogP contribution is -2.46. The van der Waals surface area contributed by atoms with Gasteiger partial charge in [-0.3, -0.25) is 14.5 Å². The van der Waals surface area contributed by atoms with Crippen LogP contribution in [0, 0.1) is 13.8 Å². The molecular formula is C28H32N2O5. The lowest BCUT2D eigenvalue weighted by atomic mass is 9.98. The van der Waals surface area contributed by atoms with E-state index < -0.39 is 11.9 Å². The molecule has 1 fully saturated rings. The minimum absolute atomic E-state index is 0.0702. The molecule has 0 saturated heterocycles. The maximum atomic E-state index is 14.0. The number of hydrogen-bond acceptors (Lipinski definition) is 5. The third-order valence-corrected chi connectivity index (χ3v) is 6.72. The van der Waals surface area contributed by atoms with Crippen molar-refractivity contribution in [2.75, 3.05) is 19.1 Å². The van der Waals surface area contributed by atoms with E-state index in [1.165, 1.54) is 18.3 Å². The van der Waals surface area contributed by atoms with Crippen LogP contribution in [0.5, 0.6) is 11.5 Å². The summed E-state index contributed by atoms with van der Waals surface area (Å²) in [5.74, 6) is 0.343. The maximum absolute atomic E-state index is 14.0. The Labute approximate surface area is 206 Å². The number of furan rings is 1. The SMILES string of the molecule is COc1cccc([C@H](C(=O)NC2CCCC2)N(C(=O)c2ccco2)c2cccc(C)c2C)c1OC. The summed E-state index contributed by atoms with van der Waals surface area (Å²) in [6.45, 7) is 3.93. The van der Waals surface area contributed by atoms with E-state index in [9.17, 15) is 9.59 Å². The number of nitrogens with one attached hydrogen (secondary N) is 1. The fourth-order valence-electron chi connectivity index (χ4n) is 4.76. The molecule has 4 rings (SSSR count). The Morgan fingerprint density at radius 3 is 2.40 bits per heavy atom. The molecule has 2 amide bonds. The van der Waals surface area contributed by atoms with E-state index in [-0.39, 0.29) is 17.7 Å². The van der Waals surface area contributed by atoms with Gasteiger partial charge >= 0.3 is 0 Å². The number of ether oxygens (including phenoxy) is 2. The van der Waals surface area contributed by atoms with Crippen LogP contribution in [0.25, 0.3) is 0 Å². The highest BCUT2D eigenvalue weighted by molar-refractivity contribution is 6.09. The number of anilines is 1. The van der Waals surface area contributed by atoms with Gasteiger partial charge in [-0.2, -0.15) is 0 Å². The standard InChI is InChI=1S/C28H32N2O5/c1-18-10-7-14-22(19(18)2)30(28(32)24-16-9-17-35-24)25(27(31)29-20-11-5-6-12-20)21-13-8-15-23(33-3)26(21)34-4/h7-10,13-17,20,25H,5-6,11-12H2,1-4H3,(H,29,31)/t25-/m1/s1. The molecule has 35 heavy (non-hydrogen) atoms. The predicted octanol–water partition coefficient (Wildman–Crippen LogP) is 5.36. The number of hydrogen-bond donors (Lipinski definition) is 1. The van der Waals surface area contributed by atoms with Gasteiger partial charge in [-0.1, -0.05) is 37.1 Å². The third-order valence-electron chi connectivity index (χ3n) is 6.72. The van der Waals surface area contributed by atoms with Crippen molar-refractivity contribution in [1.29, 1.82) is 0 Å². The topological polar surface area (TPSA) is 81.0 Å². The molecule has 1 aromatic heterocycles. The average molecular weight is 477 g/mol. The Morgan fingerprint density at radius 2 is 1.74 bits per heavy atom. The van der Waals surface area contributed by atoms with Crippen molar-refractivity contribution in [2.24, 2.45) is 0 Å². The van der Waals surface area contributed by atoms with Crippen LogP contribution in [-0.2, 0) is 4.79 Å². The van der Waals surface area contributed by atoms with Crippen LogP contribution in [-0.4, -0.2) is 32.1 Å². The monoisotopic (exact) mass is 476 g/mol. The van der Waals surface area contributed by atoms with Crippen LogP contribution >= 0.6 is 0 Å². The van der Waals surface area contributed by atoms with Crippen molar-refractivity contribution < 1.29 is 23.5 Å². The van der Waals surface area contributed by atoms with Gasteiger partial charge in [-0.15, -0.1) is 0 Å². The summed E-state index contributed by atoms with van der Waals surface area (Å²) >= 11 is 0. The molecule has 7 nitrogen and oxygen atoms in total. The smallest absolute Gasteiger partial charge is 0.294 e. The number of aryl methyl sites for hydroxylation is 1. The van der Waals surface area contributed by atoms with E-state index in [1.54, 1.807) is 37.4 Å². The van der Waals surface area contributed by atoms with Crippen LogP contribution in [0.2, 0.25) is 0 Å². The fraction of sp³-hybridized carbons (Fsp3) is 0.357. The Bertz CT molecular complexity index is 1180. The van der Waals surface area contributed by atoms with Crippen LogP contribution in [0.3, 0.4) is 0 Å². The molecule has 3 aromatic rings. The van der Waals surface area contributed by atoms with E-state index in [2.05, 4.69) is 5.32 Å². The highest BCUT2D eigenvalue weighted by atomic mass is 16.5. The average Bonchev–Trinajstić information content (AvgIpc) is 3.58. The summed E-state index contributed by atoms with van der Waals surface area (Å²) in [6, 6.07) is 13.4. The first kappa shape index (κ1) is 24.4. The van der Waals surface area contributed by atoms with Crippen LogP contribution in [0.15, 0.2) is 59.2 Å². The van der Waals surface area contributed by atoms with E-state index in [0.29, 0.717) is 22.7 Å². The van der Waals surface area contributed by atoms with Crippen LogP contribution in [0.1, 0.15) is 59.0 Å². The largest absolute Gasteiger partial charge is 0.493 e. The Kier molecular flexibility index (Phi) is 7.44. The zero-order chi connectivity index (χ0) is 24.9. The van der Waals surface area contributed by atoms with Gasteiger partial charge in [0.1, 0.15) is 6.04 Å². The van der Waals surface area contributed by atoms with Crippen LogP contribution < -0.4 is 19.7 Å². The number of carbonyl (C=O) groups excluding carboxylic acids is 2. The molecule has 0 spiro atoms. The number of benzene rings is 2. The molecule has 1 N–H and O–H groups in total. The van der Waals surface area contributed by atoms with Crippen molar-refractivity contribution in [3.05, 3.63) is 77.2 Å². The summed E-state index contributed by atoms with van der Waals surface area (Å²) < 4.78 is 16.7. The normalized spacial score (nSPS) is 14.4. The minimum Gasteiger partial charge on any atom is -0.493 e. The Morgan fingerprint density at radius 1 is 1.00 bits per heavy atom. The first-order valence-electron chi connectivity index (χ1n) is 11.9. The van der Waals surface area contributed by atoms with Crippen molar-refractivity contribution in [1.82, 2.24) is 5.32 Å². The summed E-state index contributed by atoms with van der Waals surface area (Å²) in [7, 11) is 3.08. The zero-order valence-electron chi connectivity index (χ0n) is 20.7. The number of carbonyl (C=O) groups is 2. The van der Waals surface area contributed by atoms with Gasteiger partial charge in [0.25, 0.3) is 5.91 Å². The summed E-state index contributed by atoms with van der Waals surface area (Å²) in [5.41, 5.74) is 3.06. The van der Waals surface area contributed by atoms with Crippen molar-refractivity contribution in [2.45, 2.75) is 51.6 Å². The van der Waals surface area contributed by atoms with E-state index in [1.807, 2.05) is 32.0 Å². The Hall–Kier alpha value is -3.74. The first-order chi connectivity index (χ1) is 17.0. The van der Waals surface area contributed by atoms with Crippen molar-refractivity contribution in [3.63, 3.8) is 0 Å². The minimum atomic E-state index is -1.02. The highest BCUT2D eigenvalue weighted by Crippen LogP contribution is 2.41. The highest BCUT2D eigenvalue weighted by Gasteiger charge is 2.38. The van der Waals surface area contributed by atoms with Crippen molar-refractivity contribution in [3.8, 4) is 11.5 Å². The molecule has 1 atom stereocenters. The van der Waals surface area contributed by atoms with Gasteiger partial charge < -0.3 is 19.2 Å². The molecule has 1 aliphatic carbocycles. The number of methoxy groups -OCH3 is 2. The number of rotatable bonds is 8. The molecule has 0 bridgehead atoms. The summed E-state index contributed by atoms with van der Waals surface area (Å²) in [4.78, 5) is 29.5. The molecule has 0 aliphatic heterocycles. The van der Waals surface area contributed by atoms with Gasteiger partial charge in [0, 0.05) is 17.3 Å². The maximum Gasteiger partial charge on any atom is 0.294 e. The molecular weight excluding hydrogens is 444 g/mol. The quantitative estimate of drug-likeness (QED) is 0.473. The van der Waals surface area contributed by atoms with Gasteiger partial charge in [0.15, 0.2) is 17.3 Å². The van der Waals surface area contributed by atoms with E-state index in [4.69, 9.17) is 13.9 Å². The van der Waals surface area contributed by atoms with Gasteiger partial charge in [-0.25, -0.2) is 0 Å². The molecule has 1 heterocycles. The first-order valence-corrected chi connectivity index (χ1v) is 11.9. The predicted molar refractivity (Wildman–Crippen MR) is 134 cm³/mol. The van der Waals surface area contributed by atoms with Crippen LogP contribution in [0.4, 0.5) is 5.69 Å². The van der Waals surface area contributed by atoms with Gasteiger partial charge in [0.2, 0.25) is 5.91 Å². The molecule has 184 valence electrons. The molecule has 0 radical (unpaired) electrons. The number of amides is 2. The molecule has 7 heteroatoms. The number of para-hydroxylation sites is 1. The van der Waals surface area contributed by atoms with E-state index in [0.717, 1.165) is 36.8 Å². The van der Waals surface area contributed by atoms with E-state index >= 15 is 0 Å². The lowest BCUT2D eigenvalue weighted by molar-refractivity contribution is -0.123. The molecule has 2 aromatic carbocycles. The lowest BCUT2D eigenvalue weighted by Gasteiger charge is -2.34. The third kappa shape index (κ3) is 4.90. The fourth-order valence-corrected chi connectivity index (χ4v) is 4.76. The molecule has 0 unspecified atom stereocenters. The summed E-state index contributed by atoms with van der Waals surface area (Å²) in [5, 5.41) is 3.19.